The van der Waals surface area contributed by atoms with Crippen LogP contribution in [0.2, 0.25) is 0 Å². The van der Waals surface area contributed by atoms with Crippen molar-refractivity contribution in [3.8, 4) is 5.75 Å². The minimum atomic E-state index is -4.85. The van der Waals surface area contributed by atoms with Gasteiger partial charge in [0.1, 0.15) is 11.6 Å². The lowest BCUT2D eigenvalue weighted by Crippen LogP contribution is -2.36. The van der Waals surface area contributed by atoms with Crippen LogP contribution in [0.4, 0.5) is 24.7 Å². The second-order valence-corrected chi connectivity index (χ2v) is 9.88. The summed E-state index contributed by atoms with van der Waals surface area (Å²) in [6.45, 7) is 0.318. The molecule has 180 valence electrons. The zero-order valence-electron chi connectivity index (χ0n) is 18.2. The number of alkyl halides is 3. The quantitative estimate of drug-likeness (QED) is 0.414. The van der Waals surface area contributed by atoms with E-state index in [1.807, 2.05) is 30.3 Å². The molecule has 0 radical (unpaired) electrons. The molecular formula is C24H19F3N4O3S. The van der Waals surface area contributed by atoms with Crippen molar-refractivity contribution in [3.63, 3.8) is 0 Å². The number of hydrogen-bond donors (Lipinski definition) is 1. The molecule has 1 aliphatic rings. The highest BCUT2D eigenvalue weighted by molar-refractivity contribution is 7.89. The summed E-state index contributed by atoms with van der Waals surface area (Å²) in [5.41, 5.74) is 3.34. The van der Waals surface area contributed by atoms with Crippen molar-refractivity contribution in [2.75, 3.05) is 11.9 Å². The summed E-state index contributed by atoms with van der Waals surface area (Å²) in [6, 6.07) is 15.7. The van der Waals surface area contributed by atoms with E-state index in [0.29, 0.717) is 12.2 Å². The third-order valence-corrected chi connectivity index (χ3v) is 7.52. The highest BCUT2D eigenvalue weighted by Crippen LogP contribution is 2.31. The fourth-order valence-corrected chi connectivity index (χ4v) is 5.44. The number of anilines is 2. The molecule has 0 aliphatic carbocycles. The number of hydrogen-bond acceptors (Lipinski definition) is 6. The Kier molecular flexibility index (Phi) is 5.81. The van der Waals surface area contributed by atoms with Crippen molar-refractivity contribution in [2.24, 2.45) is 0 Å². The number of ether oxygens (including phenoxy) is 1. The number of rotatable bonds is 5. The van der Waals surface area contributed by atoms with E-state index in [1.54, 1.807) is 18.5 Å². The van der Waals surface area contributed by atoms with Crippen LogP contribution >= 0.6 is 0 Å². The number of para-hydroxylation sites is 1. The third kappa shape index (κ3) is 4.91. The van der Waals surface area contributed by atoms with E-state index in [2.05, 4.69) is 20.0 Å². The molecule has 7 nitrogen and oxygen atoms in total. The van der Waals surface area contributed by atoms with Crippen molar-refractivity contribution in [2.45, 2.75) is 24.2 Å². The molecule has 3 heterocycles. The summed E-state index contributed by atoms with van der Waals surface area (Å²) in [6.07, 6.45) is -1.11. The van der Waals surface area contributed by atoms with Crippen molar-refractivity contribution in [1.82, 2.24) is 14.3 Å². The number of benzene rings is 2. The van der Waals surface area contributed by atoms with Gasteiger partial charge in [0, 0.05) is 30.2 Å². The fraction of sp³-hybridized carbons (Fsp3) is 0.167. The average molecular weight is 501 g/mol. The molecule has 0 amide bonds. The van der Waals surface area contributed by atoms with Crippen LogP contribution in [0.5, 0.6) is 5.75 Å². The van der Waals surface area contributed by atoms with Crippen LogP contribution in [0.15, 0.2) is 78.0 Å². The Hall–Kier alpha value is -3.70. The highest BCUT2D eigenvalue weighted by atomic mass is 32.2. The smallest absolute Gasteiger partial charge is 0.406 e. The zero-order chi connectivity index (χ0) is 24.6. The van der Waals surface area contributed by atoms with E-state index in [-0.39, 0.29) is 18.0 Å². The van der Waals surface area contributed by atoms with E-state index in [0.717, 1.165) is 52.0 Å². The summed E-state index contributed by atoms with van der Waals surface area (Å²) in [5.74, 6) is 0.149. The molecule has 0 saturated heterocycles. The minimum Gasteiger partial charge on any atom is -0.406 e. The molecule has 35 heavy (non-hydrogen) atoms. The molecule has 0 fully saturated rings. The van der Waals surface area contributed by atoms with Gasteiger partial charge in [0.2, 0.25) is 10.0 Å². The Labute approximate surface area is 199 Å². The van der Waals surface area contributed by atoms with Gasteiger partial charge < -0.3 is 10.1 Å². The van der Waals surface area contributed by atoms with Gasteiger partial charge in [0.25, 0.3) is 0 Å². The van der Waals surface area contributed by atoms with E-state index >= 15 is 0 Å². The molecule has 5 rings (SSSR count). The average Bonchev–Trinajstić information content (AvgIpc) is 2.83. The fourth-order valence-electron chi connectivity index (χ4n) is 4.02. The molecule has 4 aromatic rings. The monoisotopic (exact) mass is 500 g/mol. The molecule has 2 aromatic carbocycles. The Bertz CT molecular complexity index is 1490. The van der Waals surface area contributed by atoms with Gasteiger partial charge in [-0.3, -0.25) is 4.98 Å². The number of nitrogens with one attached hydrogen (secondary N) is 1. The van der Waals surface area contributed by atoms with Gasteiger partial charge in [-0.1, -0.05) is 18.2 Å². The van der Waals surface area contributed by atoms with Crippen LogP contribution < -0.4 is 10.1 Å². The first kappa shape index (κ1) is 23.1. The first-order valence-electron chi connectivity index (χ1n) is 10.6. The van der Waals surface area contributed by atoms with Gasteiger partial charge in [0.15, 0.2) is 0 Å². The van der Waals surface area contributed by atoms with E-state index < -0.39 is 22.1 Å². The number of aromatic nitrogens is 2. The number of nitrogens with zero attached hydrogens (tertiary/aromatic N) is 3. The number of halogens is 3. The molecular weight excluding hydrogens is 481 g/mol. The van der Waals surface area contributed by atoms with Crippen LogP contribution in [-0.2, 0) is 23.0 Å². The van der Waals surface area contributed by atoms with Gasteiger partial charge in [-0.05, 0) is 54.4 Å². The molecule has 0 unspecified atom stereocenters. The third-order valence-electron chi connectivity index (χ3n) is 5.66. The van der Waals surface area contributed by atoms with Crippen molar-refractivity contribution in [3.05, 3.63) is 84.2 Å². The second kappa shape index (κ2) is 8.82. The van der Waals surface area contributed by atoms with E-state index in [1.165, 1.54) is 4.31 Å². The van der Waals surface area contributed by atoms with Gasteiger partial charge in [-0.15, -0.1) is 13.2 Å². The number of pyridine rings is 2. The summed E-state index contributed by atoms with van der Waals surface area (Å²) in [5, 5.41) is 4.26. The maximum Gasteiger partial charge on any atom is 0.573 e. The second-order valence-electron chi connectivity index (χ2n) is 7.95. The van der Waals surface area contributed by atoms with Crippen molar-refractivity contribution < 1.29 is 26.3 Å². The standard InChI is InChI=1S/C24H19F3N4O3S/c25-24(26,27)34-19-5-7-20(8-6-19)35(32,33)31-12-10-21-17(15-31)9-11-28-23(21)30-18-13-16-3-1-2-4-22(16)29-14-18/h1-9,11,13-14H,10,12,15H2,(H,28,30). The molecule has 0 spiro atoms. The van der Waals surface area contributed by atoms with Crippen molar-refractivity contribution in [1.29, 1.82) is 0 Å². The molecule has 1 aliphatic heterocycles. The Morgan fingerprint density at radius 2 is 1.77 bits per heavy atom. The van der Waals surface area contributed by atoms with Crippen LogP contribution in [-0.4, -0.2) is 35.6 Å². The van der Waals surface area contributed by atoms with Gasteiger partial charge in [-0.2, -0.15) is 4.31 Å². The van der Waals surface area contributed by atoms with Crippen LogP contribution in [0.3, 0.4) is 0 Å². The largest absolute Gasteiger partial charge is 0.573 e. The lowest BCUT2D eigenvalue weighted by atomic mass is 10.0. The first-order valence-corrected chi connectivity index (χ1v) is 12.1. The Morgan fingerprint density at radius 1 is 1.00 bits per heavy atom. The van der Waals surface area contributed by atoms with Gasteiger partial charge in [-0.25, -0.2) is 13.4 Å². The lowest BCUT2D eigenvalue weighted by molar-refractivity contribution is -0.274. The SMILES string of the molecule is O=S(=O)(c1ccc(OC(F)(F)F)cc1)N1CCc2c(ccnc2Nc2cnc3ccccc3c2)C1. The van der Waals surface area contributed by atoms with Crippen LogP contribution in [0, 0.1) is 0 Å². The predicted molar refractivity (Wildman–Crippen MR) is 124 cm³/mol. The molecule has 11 heteroatoms. The van der Waals surface area contributed by atoms with Crippen LogP contribution in [0.25, 0.3) is 10.9 Å². The van der Waals surface area contributed by atoms with Gasteiger partial charge in [0.05, 0.1) is 22.3 Å². The number of fused-ring (bicyclic) bond motifs is 2. The molecule has 2 aromatic heterocycles. The zero-order valence-corrected chi connectivity index (χ0v) is 19.0. The summed E-state index contributed by atoms with van der Waals surface area (Å²) in [4.78, 5) is 8.78. The molecule has 1 N–H and O–H groups in total. The maximum absolute atomic E-state index is 13.1. The maximum atomic E-state index is 13.1. The molecule has 0 atom stereocenters. The Morgan fingerprint density at radius 3 is 2.54 bits per heavy atom. The Balaban J connectivity index is 1.35. The minimum absolute atomic E-state index is 0.106. The molecule has 0 bridgehead atoms. The van der Waals surface area contributed by atoms with Crippen molar-refractivity contribution >= 4 is 32.4 Å². The summed E-state index contributed by atoms with van der Waals surface area (Å²) >= 11 is 0. The number of sulfonamides is 1. The summed E-state index contributed by atoms with van der Waals surface area (Å²) < 4.78 is 68.5. The molecule has 0 saturated carbocycles. The van der Waals surface area contributed by atoms with Crippen LogP contribution in [0.1, 0.15) is 11.1 Å². The topological polar surface area (TPSA) is 84.4 Å². The lowest BCUT2D eigenvalue weighted by Gasteiger charge is -2.29. The van der Waals surface area contributed by atoms with E-state index in [9.17, 15) is 21.6 Å². The summed E-state index contributed by atoms with van der Waals surface area (Å²) in [7, 11) is -3.92. The normalized spacial score (nSPS) is 14.5. The highest BCUT2D eigenvalue weighted by Gasteiger charge is 2.32. The predicted octanol–water partition coefficient (Wildman–Crippen LogP) is 5.02. The van der Waals surface area contributed by atoms with E-state index in [4.69, 9.17) is 0 Å². The van der Waals surface area contributed by atoms with Gasteiger partial charge >= 0.3 is 6.36 Å². The first-order chi connectivity index (χ1) is 16.7.